The van der Waals surface area contributed by atoms with Gasteiger partial charge in [0.25, 0.3) is 5.91 Å². The van der Waals surface area contributed by atoms with Crippen LogP contribution in [0.1, 0.15) is 21.7 Å². The van der Waals surface area contributed by atoms with E-state index in [4.69, 9.17) is 0 Å². The third-order valence-electron chi connectivity index (χ3n) is 3.73. The second-order valence-corrected chi connectivity index (χ2v) is 6.27. The van der Waals surface area contributed by atoms with Crippen molar-refractivity contribution in [3.63, 3.8) is 0 Å². The molecule has 0 saturated carbocycles. The van der Waals surface area contributed by atoms with E-state index in [1.807, 2.05) is 78.5 Å². The first-order valence-corrected chi connectivity index (χ1v) is 9.17. The molecule has 0 aliphatic rings. The Morgan fingerprint density at radius 3 is 2.60 bits per heavy atom. The number of hydrogen-bond donors (Lipinski definition) is 2. The Bertz CT molecular complexity index is 861. The highest BCUT2D eigenvalue weighted by Gasteiger charge is 2.13. The summed E-state index contributed by atoms with van der Waals surface area (Å²) in [5.74, 6) is -0.212. The first kappa shape index (κ1) is 17.1. The van der Waals surface area contributed by atoms with E-state index in [9.17, 15) is 4.79 Å². The number of aryl methyl sites for hydroxylation is 1. The molecule has 6 heteroatoms. The van der Waals surface area contributed by atoms with Crippen molar-refractivity contribution in [1.29, 1.82) is 0 Å². The second kappa shape index (κ2) is 7.90. The number of anilines is 2. The van der Waals surface area contributed by atoms with Crippen LogP contribution in [-0.2, 0) is 6.54 Å². The van der Waals surface area contributed by atoms with E-state index in [-0.39, 0.29) is 5.91 Å². The predicted octanol–water partition coefficient (Wildman–Crippen LogP) is 4.18. The van der Waals surface area contributed by atoms with E-state index in [1.54, 1.807) is 0 Å². The van der Waals surface area contributed by atoms with E-state index in [0.29, 0.717) is 12.2 Å². The van der Waals surface area contributed by atoms with Crippen LogP contribution in [-0.4, -0.2) is 21.9 Å². The Morgan fingerprint density at radius 2 is 1.84 bits per heavy atom. The molecule has 3 rings (SSSR count). The van der Waals surface area contributed by atoms with Crippen molar-refractivity contribution < 1.29 is 4.79 Å². The van der Waals surface area contributed by atoms with Gasteiger partial charge in [0, 0.05) is 23.3 Å². The Balaban J connectivity index is 1.72. The third kappa shape index (κ3) is 4.42. The first-order chi connectivity index (χ1) is 12.2. The van der Waals surface area contributed by atoms with Gasteiger partial charge in [0.15, 0.2) is 5.69 Å². The summed E-state index contributed by atoms with van der Waals surface area (Å²) in [6.07, 6.45) is 1.95. The summed E-state index contributed by atoms with van der Waals surface area (Å²) in [7, 11) is 0. The van der Waals surface area contributed by atoms with Gasteiger partial charge in [0.2, 0.25) is 0 Å². The zero-order valence-corrected chi connectivity index (χ0v) is 15.0. The van der Waals surface area contributed by atoms with Gasteiger partial charge < -0.3 is 10.0 Å². The molecule has 0 unspecified atom stereocenters. The van der Waals surface area contributed by atoms with Gasteiger partial charge in [-0.15, -0.1) is 0 Å². The van der Waals surface area contributed by atoms with Crippen molar-refractivity contribution in [2.45, 2.75) is 13.5 Å². The Kier molecular flexibility index (Phi) is 5.40. The van der Waals surface area contributed by atoms with Crippen molar-refractivity contribution in [1.82, 2.24) is 9.78 Å². The maximum atomic E-state index is 12.5. The fourth-order valence-electron chi connectivity index (χ4n) is 2.51. The molecule has 25 heavy (non-hydrogen) atoms. The molecule has 1 amide bonds. The minimum atomic E-state index is -0.212. The highest BCUT2D eigenvalue weighted by molar-refractivity contribution is 7.99. The summed E-state index contributed by atoms with van der Waals surface area (Å²) in [6, 6.07) is 19.5. The van der Waals surface area contributed by atoms with E-state index in [2.05, 4.69) is 15.1 Å². The van der Waals surface area contributed by atoms with Crippen LogP contribution in [0.15, 0.2) is 60.7 Å². The molecule has 0 atom stereocenters. The quantitative estimate of drug-likeness (QED) is 0.653. The number of hydrogen-bond acceptors (Lipinski definition) is 4. The van der Waals surface area contributed by atoms with Gasteiger partial charge in [-0.3, -0.25) is 9.48 Å². The third-order valence-corrected chi connectivity index (χ3v) is 4.17. The average Bonchev–Trinajstić information content (AvgIpc) is 2.97. The number of carbonyl (C=O) groups is 1. The smallest absolute Gasteiger partial charge is 0.276 e. The minimum Gasteiger partial charge on any atom is -0.330 e. The Hall–Kier alpha value is -2.73. The summed E-state index contributed by atoms with van der Waals surface area (Å²) in [6.45, 7) is 2.60. The van der Waals surface area contributed by atoms with Crippen LogP contribution in [0, 0.1) is 6.92 Å². The van der Waals surface area contributed by atoms with Crippen molar-refractivity contribution >= 4 is 29.2 Å². The van der Waals surface area contributed by atoms with Crippen molar-refractivity contribution in [3.8, 4) is 0 Å². The van der Waals surface area contributed by atoms with Gasteiger partial charge in [-0.1, -0.05) is 48.3 Å². The number of nitrogens with zero attached hydrogens (tertiary/aromatic N) is 2. The second-order valence-electron chi connectivity index (χ2n) is 5.66. The van der Waals surface area contributed by atoms with Gasteiger partial charge >= 0.3 is 0 Å². The lowest BCUT2D eigenvalue weighted by Gasteiger charge is -2.07. The van der Waals surface area contributed by atoms with Crippen LogP contribution in [0.4, 0.5) is 11.4 Å². The summed E-state index contributed by atoms with van der Waals surface area (Å²) in [5, 5.41) is 7.34. The summed E-state index contributed by atoms with van der Waals surface area (Å²) < 4.78 is 4.99. The van der Waals surface area contributed by atoms with Crippen LogP contribution >= 0.6 is 11.9 Å². The van der Waals surface area contributed by atoms with Crippen LogP contribution in [0.5, 0.6) is 0 Å². The van der Waals surface area contributed by atoms with Crippen molar-refractivity contribution in [2.24, 2.45) is 0 Å². The van der Waals surface area contributed by atoms with Gasteiger partial charge in [-0.25, -0.2) is 0 Å². The van der Waals surface area contributed by atoms with Gasteiger partial charge in [0.1, 0.15) is 0 Å². The molecule has 0 fully saturated rings. The maximum Gasteiger partial charge on any atom is 0.276 e. The summed E-state index contributed by atoms with van der Waals surface area (Å²) in [4.78, 5) is 12.5. The molecule has 2 N–H and O–H groups in total. The zero-order chi connectivity index (χ0) is 17.6. The normalized spacial score (nSPS) is 10.5. The molecular formula is C19H20N4OS. The van der Waals surface area contributed by atoms with Crippen molar-refractivity contribution in [2.75, 3.05) is 16.3 Å². The number of rotatable bonds is 6. The highest BCUT2D eigenvalue weighted by atomic mass is 32.2. The molecule has 3 aromatic rings. The van der Waals surface area contributed by atoms with E-state index in [1.165, 1.54) is 11.9 Å². The van der Waals surface area contributed by atoms with Crippen LogP contribution in [0.25, 0.3) is 0 Å². The Labute approximate surface area is 151 Å². The SMILES string of the molecule is CSNc1cccc(NC(=O)c2cc(C)n(Cc3ccccc3)n2)c1. The van der Waals surface area contributed by atoms with Crippen LogP contribution in [0.3, 0.4) is 0 Å². The molecule has 0 spiro atoms. The lowest BCUT2D eigenvalue weighted by atomic mass is 10.2. The molecule has 128 valence electrons. The fraction of sp³-hybridized carbons (Fsp3) is 0.158. The molecule has 0 saturated heterocycles. The molecular weight excluding hydrogens is 332 g/mol. The lowest BCUT2D eigenvalue weighted by Crippen LogP contribution is -2.13. The van der Waals surface area contributed by atoms with Gasteiger partial charge in [-0.05, 0) is 36.8 Å². The number of benzene rings is 2. The Morgan fingerprint density at radius 1 is 1.08 bits per heavy atom. The maximum absolute atomic E-state index is 12.5. The molecule has 0 aliphatic heterocycles. The van der Waals surface area contributed by atoms with E-state index >= 15 is 0 Å². The van der Waals surface area contributed by atoms with E-state index < -0.39 is 0 Å². The summed E-state index contributed by atoms with van der Waals surface area (Å²) in [5.41, 5.74) is 4.19. The molecule has 1 heterocycles. The molecule has 0 aliphatic carbocycles. The molecule has 5 nitrogen and oxygen atoms in total. The molecule has 2 aromatic carbocycles. The predicted molar refractivity (Wildman–Crippen MR) is 104 cm³/mol. The zero-order valence-electron chi connectivity index (χ0n) is 14.2. The highest BCUT2D eigenvalue weighted by Crippen LogP contribution is 2.18. The topological polar surface area (TPSA) is 58.9 Å². The molecule has 0 bridgehead atoms. The van der Waals surface area contributed by atoms with Crippen LogP contribution < -0.4 is 10.0 Å². The van der Waals surface area contributed by atoms with Gasteiger partial charge in [-0.2, -0.15) is 5.10 Å². The average molecular weight is 352 g/mol. The number of amides is 1. The largest absolute Gasteiger partial charge is 0.330 e. The number of nitrogens with one attached hydrogen (secondary N) is 2. The minimum absolute atomic E-state index is 0.212. The number of aromatic nitrogens is 2. The number of carbonyl (C=O) groups excluding carboxylic acids is 1. The molecule has 0 radical (unpaired) electrons. The standard InChI is InChI=1S/C19H20N4OS/c1-14-11-18(21-23(14)13-15-7-4-3-5-8-15)19(24)20-16-9-6-10-17(12-16)22-25-2/h3-12,22H,13H2,1-2H3,(H,20,24). The monoisotopic (exact) mass is 352 g/mol. The fourth-order valence-corrected chi connectivity index (χ4v) is 2.87. The summed E-state index contributed by atoms with van der Waals surface area (Å²) >= 11 is 1.51. The molecule has 1 aromatic heterocycles. The van der Waals surface area contributed by atoms with Gasteiger partial charge in [0.05, 0.1) is 6.54 Å². The van der Waals surface area contributed by atoms with Crippen molar-refractivity contribution in [3.05, 3.63) is 77.6 Å². The lowest BCUT2D eigenvalue weighted by molar-refractivity contribution is 0.102. The van der Waals surface area contributed by atoms with E-state index in [0.717, 1.165) is 22.6 Å². The first-order valence-electron chi connectivity index (χ1n) is 7.94. The van der Waals surface area contributed by atoms with Crippen LogP contribution in [0.2, 0.25) is 0 Å².